The van der Waals surface area contributed by atoms with Crippen molar-refractivity contribution in [2.24, 2.45) is 11.8 Å². The van der Waals surface area contributed by atoms with Gasteiger partial charge in [0.25, 0.3) is 5.91 Å². The summed E-state index contributed by atoms with van der Waals surface area (Å²) < 4.78 is 39.7. The summed E-state index contributed by atoms with van der Waals surface area (Å²) in [6.45, 7) is 4.14. The number of pyridine rings is 1. The van der Waals surface area contributed by atoms with E-state index in [1.54, 1.807) is 7.11 Å². The molecule has 266 valence electrons. The Hall–Kier alpha value is -4.69. The van der Waals surface area contributed by atoms with Gasteiger partial charge in [-0.05, 0) is 44.2 Å². The third kappa shape index (κ3) is 7.26. The second kappa shape index (κ2) is 14.3. The van der Waals surface area contributed by atoms with Crippen LogP contribution in [0.15, 0.2) is 66.7 Å². The lowest BCUT2D eigenvalue weighted by Gasteiger charge is -2.29. The largest absolute Gasteiger partial charge is 0.497 e. The number of rotatable bonds is 13. The number of benzene rings is 2. The second-order valence-electron chi connectivity index (χ2n) is 13.2. The fourth-order valence-corrected chi connectivity index (χ4v) is 7.81. The van der Waals surface area contributed by atoms with E-state index in [1.165, 1.54) is 4.90 Å². The highest BCUT2D eigenvalue weighted by molar-refractivity contribution is 7.91. The number of aromatic nitrogens is 1. The van der Waals surface area contributed by atoms with Crippen molar-refractivity contribution in [2.75, 3.05) is 20.2 Å². The molecule has 4 N–H and O–H groups in total. The number of nitrogens with one attached hydrogen (secondary N) is 2. The normalized spacial score (nSPS) is 23.1. The summed E-state index contributed by atoms with van der Waals surface area (Å²) in [4.78, 5) is 47.6. The van der Waals surface area contributed by atoms with Crippen molar-refractivity contribution in [1.29, 1.82) is 0 Å². The number of methoxy groups -OCH3 is 1. The molecule has 13 nitrogen and oxygen atoms in total. The van der Waals surface area contributed by atoms with Gasteiger partial charge in [0.15, 0.2) is 0 Å². The molecule has 50 heavy (non-hydrogen) atoms. The molecule has 4 atom stereocenters. The second-order valence-corrected chi connectivity index (χ2v) is 15.1. The van der Waals surface area contributed by atoms with Crippen LogP contribution in [-0.4, -0.2) is 84.3 Å². The number of amides is 4. The number of ether oxygens (including phenoxy) is 2. The fraction of sp³-hybridized carbons (Fsp3) is 0.444. The first kappa shape index (κ1) is 35.1. The van der Waals surface area contributed by atoms with E-state index in [0.29, 0.717) is 48.4 Å². The summed E-state index contributed by atoms with van der Waals surface area (Å²) in [5.41, 5.74) is 0.733. The number of hydrogen-bond acceptors (Lipinski definition) is 9. The maximum absolute atomic E-state index is 14.2. The molecule has 2 aromatic carbocycles. The Morgan fingerprint density at radius 1 is 1.12 bits per heavy atom. The number of hydrazine groups is 1. The number of carbonyl (C=O) groups is 3. The number of nitrogens with two attached hydrogens (primary N) is 1. The SMILES string of the molecule is CC/C=C\[C@@H]1C[C@]1(NC(=O)[C@@H]1C[C@@H](Oc2cc(-c3ccccc3)nc3cc(OC)ccc23)CN1C(=O)N(N)CCC)C(=O)NS(=O)(=O)C1CC1. The van der Waals surface area contributed by atoms with Gasteiger partial charge in [-0.25, -0.2) is 24.0 Å². The van der Waals surface area contributed by atoms with Gasteiger partial charge in [0.1, 0.15) is 29.2 Å². The minimum Gasteiger partial charge on any atom is -0.497 e. The summed E-state index contributed by atoms with van der Waals surface area (Å²) in [5.74, 6) is 5.51. The topological polar surface area (TPSA) is 173 Å². The van der Waals surface area contributed by atoms with E-state index in [4.69, 9.17) is 20.3 Å². The standard InChI is InChI=1S/C36H44N6O7S/c1-4-6-12-24-21-36(24,34(44)40-50(46,47)27-14-15-27)39-33(43)31-19-26(22-41(31)35(45)42(37)17-5-2)49-32-20-29(23-10-8-7-9-11-23)38-30-18-25(48-3)13-16-28(30)32/h6-13,16,18,20,24,26-27,31H,4-5,14-15,17,19,21-22,37H2,1-3H3,(H,39,43)(H,40,44)/b12-6-/t24-,26-,31+,36-/m1/s1. The number of allylic oxidation sites excluding steroid dienone is 1. The van der Waals surface area contributed by atoms with Crippen LogP contribution in [0.4, 0.5) is 4.79 Å². The molecule has 2 aliphatic carbocycles. The van der Waals surface area contributed by atoms with Crippen molar-refractivity contribution in [3.05, 3.63) is 66.7 Å². The number of urea groups is 1. The summed E-state index contributed by atoms with van der Waals surface area (Å²) in [6, 6.07) is 15.4. The van der Waals surface area contributed by atoms with E-state index in [2.05, 4.69) is 10.0 Å². The van der Waals surface area contributed by atoms with Gasteiger partial charge in [0, 0.05) is 42.0 Å². The molecule has 3 fully saturated rings. The molecule has 6 rings (SSSR count). The fourth-order valence-electron chi connectivity index (χ4n) is 6.45. The molecule has 1 aliphatic heterocycles. The van der Waals surface area contributed by atoms with E-state index >= 15 is 0 Å². The molecule has 1 aromatic heterocycles. The van der Waals surface area contributed by atoms with Gasteiger partial charge in [-0.3, -0.25) is 19.3 Å². The van der Waals surface area contributed by atoms with E-state index < -0.39 is 56.7 Å². The lowest BCUT2D eigenvalue weighted by molar-refractivity contribution is -0.131. The maximum Gasteiger partial charge on any atom is 0.334 e. The molecule has 2 saturated carbocycles. The van der Waals surface area contributed by atoms with Crippen molar-refractivity contribution in [3.63, 3.8) is 0 Å². The van der Waals surface area contributed by atoms with Crippen molar-refractivity contribution in [2.45, 2.75) is 75.3 Å². The summed E-state index contributed by atoms with van der Waals surface area (Å²) in [5, 5.41) is 4.05. The molecule has 3 aromatic rings. The van der Waals surface area contributed by atoms with E-state index in [0.717, 1.165) is 16.0 Å². The van der Waals surface area contributed by atoms with Crippen LogP contribution in [-0.2, 0) is 19.6 Å². The Morgan fingerprint density at radius 2 is 1.88 bits per heavy atom. The van der Waals surface area contributed by atoms with Crippen LogP contribution >= 0.6 is 0 Å². The zero-order valence-corrected chi connectivity index (χ0v) is 29.3. The molecule has 0 radical (unpaired) electrons. The first-order chi connectivity index (χ1) is 24.0. The Bertz CT molecular complexity index is 1900. The van der Waals surface area contributed by atoms with Crippen LogP contribution in [0.3, 0.4) is 0 Å². The van der Waals surface area contributed by atoms with Gasteiger partial charge >= 0.3 is 6.03 Å². The van der Waals surface area contributed by atoms with Gasteiger partial charge in [-0.15, -0.1) is 0 Å². The molecule has 14 heteroatoms. The van der Waals surface area contributed by atoms with Crippen LogP contribution in [0.5, 0.6) is 11.5 Å². The Kier molecular flexibility index (Phi) is 10.0. The molecule has 2 heterocycles. The molecular weight excluding hydrogens is 660 g/mol. The van der Waals surface area contributed by atoms with Gasteiger partial charge in [0.2, 0.25) is 15.9 Å². The van der Waals surface area contributed by atoms with E-state index in [1.807, 2.05) is 80.6 Å². The lowest BCUT2D eigenvalue weighted by atomic mass is 10.1. The van der Waals surface area contributed by atoms with Crippen LogP contribution in [0.1, 0.15) is 52.4 Å². The number of sulfonamides is 1. The summed E-state index contributed by atoms with van der Waals surface area (Å²) in [7, 11) is -2.27. The van der Waals surface area contributed by atoms with Crippen LogP contribution in [0.2, 0.25) is 0 Å². The predicted octanol–water partition coefficient (Wildman–Crippen LogP) is 3.89. The van der Waals surface area contributed by atoms with Crippen LogP contribution < -0.4 is 25.4 Å². The predicted molar refractivity (Wildman–Crippen MR) is 188 cm³/mol. The monoisotopic (exact) mass is 704 g/mol. The molecule has 4 amide bonds. The number of fused-ring (bicyclic) bond motifs is 1. The maximum atomic E-state index is 14.2. The van der Waals surface area contributed by atoms with E-state index in [9.17, 15) is 22.8 Å². The minimum atomic E-state index is -3.86. The van der Waals surface area contributed by atoms with Crippen molar-refractivity contribution in [1.82, 2.24) is 24.9 Å². The smallest absolute Gasteiger partial charge is 0.334 e. The number of hydrogen-bond donors (Lipinski definition) is 3. The highest BCUT2D eigenvalue weighted by Gasteiger charge is 2.62. The molecule has 3 aliphatic rings. The molecule has 1 saturated heterocycles. The molecule has 0 unspecified atom stereocenters. The van der Waals surface area contributed by atoms with E-state index in [-0.39, 0.29) is 25.9 Å². The number of likely N-dealkylation sites (tertiary alicyclic amines) is 1. The summed E-state index contributed by atoms with van der Waals surface area (Å²) in [6.07, 6.45) is 5.70. The number of nitrogens with zero attached hydrogens (tertiary/aromatic N) is 3. The van der Waals surface area contributed by atoms with Crippen molar-refractivity contribution < 1.29 is 32.3 Å². The molecule has 0 bridgehead atoms. The van der Waals surface area contributed by atoms with Crippen LogP contribution in [0.25, 0.3) is 22.2 Å². The van der Waals surface area contributed by atoms with Gasteiger partial charge in [-0.2, -0.15) is 0 Å². The Balaban J connectivity index is 1.30. The van der Waals surface area contributed by atoms with Crippen molar-refractivity contribution >= 4 is 38.8 Å². The quantitative estimate of drug-likeness (QED) is 0.103. The zero-order valence-electron chi connectivity index (χ0n) is 28.5. The molecular formula is C36H44N6O7S. The molecule has 0 spiro atoms. The first-order valence-corrected chi connectivity index (χ1v) is 18.6. The first-order valence-electron chi connectivity index (χ1n) is 17.1. The Morgan fingerprint density at radius 3 is 2.56 bits per heavy atom. The summed E-state index contributed by atoms with van der Waals surface area (Å²) >= 11 is 0. The average molecular weight is 705 g/mol. The Labute approximate surface area is 292 Å². The van der Waals surface area contributed by atoms with Crippen molar-refractivity contribution in [3.8, 4) is 22.8 Å². The van der Waals surface area contributed by atoms with Gasteiger partial charge < -0.3 is 19.7 Å². The zero-order chi connectivity index (χ0) is 35.6. The van der Waals surface area contributed by atoms with Gasteiger partial charge in [0.05, 0.1) is 30.1 Å². The third-order valence-corrected chi connectivity index (χ3v) is 11.3. The highest BCUT2D eigenvalue weighted by Crippen LogP contribution is 2.46. The third-order valence-electron chi connectivity index (χ3n) is 9.43. The minimum absolute atomic E-state index is 0.0450. The average Bonchev–Trinajstić information content (AvgIpc) is 4.04. The van der Waals surface area contributed by atoms with Crippen LogP contribution in [0, 0.1) is 5.92 Å². The van der Waals surface area contributed by atoms with Gasteiger partial charge in [-0.1, -0.05) is 56.3 Å². The highest BCUT2D eigenvalue weighted by atomic mass is 32.2. The number of carbonyl (C=O) groups excluding carboxylic acids is 3. The lowest BCUT2D eigenvalue weighted by Crippen LogP contribution is -2.58.